The van der Waals surface area contributed by atoms with E-state index in [9.17, 15) is 13.2 Å². The zero-order chi connectivity index (χ0) is 14.3. The van der Waals surface area contributed by atoms with Crippen LogP contribution in [0.15, 0.2) is 39.9 Å². The molecule has 3 rings (SSSR count). The van der Waals surface area contributed by atoms with Gasteiger partial charge in [0.2, 0.25) is 5.91 Å². The third-order valence-corrected chi connectivity index (χ3v) is 6.07. The number of hydrogen-bond donors (Lipinski definition) is 2. The largest absolute Gasteiger partial charge is 0.398 e. The molecular weight excluding hydrogens is 298 g/mol. The van der Waals surface area contributed by atoms with E-state index in [0.29, 0.717) is 17.1 Å². The van der Waals surface area contributed by atoms with E-state index < -0.39 is 10.0 Å². The highest BCUT2D eigenvalue weighted by molar-refractivity contribution is 7.94. The highest BCUT2D eigenvalue weighted by atomic mass is 32.2. The van der Waals surface area contributed by atoms with Crippen LogP contribution in [0.3, 0.4) is 0 Å². The maximum absolute atomic E-state index is 12.6. The number of carbonyl (C=O) groups excluding carboxylic acids is 1. The van der Waals surface area contributed by atoms with Gasteiger partial charge in [-0.25, -0.2) is 8.42 Å². The molecule has 1 aromatic heterocycles. The minimum absolute atomic E-state index is 0.125. The molecule has 0 bridgehead atoms. The molecule has 0 spiro atoms. The maximum atomic E-state index is 12.6. The van der Waals surface area contributed by atoms with Gasteiger partial charge in [-0.15, -0.1) is 11.3 Å². The van der Waals surface area contributed by atoms with E-state index in [1.54, 1.807) is 29.6 Å². The van der Waals surface area contributed by atoms with Crippen molar-refractivity contribution in [1.82, 2.24) is 0 Å². The van der Waals surface area contributed by atoms with Gasteiger partial charge >= 0.3 is 0 Å². The highest BCUT2D eigenvalue weighted by Crippen LogP contribution is 2.35. The molecule has 6 nitrogen and oxygen atoms in total. The van der Waals surface area contributed by atoms with E-state index in [0.717, 1.165) is 15.6 Å². The molecule has 2 aromatic rings. The molecule has 0 saturated heterocycles. The zero-order valence-corrected chi connectivity index (χ0v) is 11.9. The Hall–Kier alpha value is -2.06. The molecule has 0 unspecified atom stereocenters. The number of benzene rings is 1. The first kappa shape index (κ1) is 12.9. The van der Waals surface area contributed by atoms with Gasteiger partial charge in [0, 0.05) is 11.1 Å². The number of hydrogen-bond acceptors (Lipinski definition) is 5. The molecule has 8 heteroatoms. The van der Waals surface area contributed by atoms with Gasteiger partial charge in [-0.3, -0.25) is 9.10 Å². The first-order valence-corrected chi connectivity index (χ1v) is 8.06. The number of nitrogens with zero attached hydrogens (tertiary/aromatic N) is 1. The topological polar surface area (TPSA) is 92.5 Å². The quantitative estimate of drug-likeness (QED) is 0.879. The average molecular weight is 309 g/mol. The van der Waals surface area contributed by atoms with Crippen molar-refractivity contribution in [2.24, 2.45) is 0 Å². The number of anilines is 3. The van der Waals surface area contributed by atoms with Crippen LogP contribution in [0.25, 0.3) is 0 Å². The summed E-state index contributed by atoms with van der Waals surface area (Å²) >= 11 is 1.04. The monoisotopic (exact) mass is 309 g/mol. The average Bonchev–Trinajstić information content (AvgIpc) is 2.85. The second kappa shape index (κ2) is 4.50. The van der Waals surface area contributed by atoms with Crippen LogP contribution in [-0.2, 0) is 14.8 Å². The molecule has 1 aliphatic rings. The third-order valence-electron chi connectivity index (χ3n) is 2.87. The number of sulfonamides is 1. The predicted molar refractivity (Wildman–Crippen MR) is 78.3 cm³/mol. The molecule has 0 saturated carbocycles. The highest BCUT2D eigenvalue weighted by Gasteiger charge is 2.33. The Labute approximate surface area is 119 Å². The number of nitrogen functional groups attached to an aromatic ring is 1. The van der Waals surface area contributed by atoms with E-state index in [-0.39, 0.29) is 16.7 Å². The molecule has 0 fully saturated rings. The van der Waals surface area contributed by atoms with E-state index in [1.807, 2.05) is 0 Å². The predicted octanol–water partition coefficient (Wildman–Crippen LogP) is 1.48. The molecule has 2 heterocycles. The van der Waals surface area contributed by atoms with Crippen LogP contribution in [0.1, 0.15) is 0 Å². The lowest BCUT2D eigenvalue weighted by Crippen LogP contribution is -2.41. The van der Waals surface area contributed by atoms with E-state index >= 15 is 0 Å². The number of para-hydroxylation sites is 2. The van der Waals surface area contributed by atoms with Crippen molar-refractivity contribution in [3.63, 3.8) is 0 Å². The number of nitrogens with two attached hydrogens (primary N) is 1. The molecule has 1 aliphatic heterocycles. The van der Waals surface area contributed by atoms with Crippen molar-refractivity contribution < 1.29 is 13.2 Å². The summed E-state index contributed by atoms with van der Waals surface area (Å²) in [6, 6.07) is 8.18. The first-order valence-electron chi connectivity index (χ1n) is 5.74. The van der Waals surface area contributed by atoms with Crippen molar-refractivity contribution in [3.05, 3.63) is 35.7 Å². The molecule has 0 atom stereocenters. The summed E-state index contributed by atoms with van der Waals surface area (Å²) in [4.78, 5) is 11.7. The smallest absolute Gasteiger partial charge is 0.274 e. The van der Waals surface area contributed by atoms with Crippen LogP contribution in [0.2, 0.25) is 0 Å². The Morgan fingerprint density at radius 2 is 2.05 bits per heavy atom. The van der Waals surface area contributed by atoms with Gasteiger partial charge in [-0.2, -0.15) is 0 Å². The summed E-state index contributed by atoms with van der Waals surface area (Å²) < 4.78 is 26.4. The molecular formula is C12H11N3O3S2. The number of rotatable bonds is 2. The van der Waals surface area contributed by atoms with Crippen molar-refractivity contribution in [2.75, 3.05) is 21.9 Å². The Balaban J connectivity index is 2.13. The summed E-state index contributed by atoms with van der Waals surface area (Å²) in [7, 11) is -3.78. The van der Waals surface area contributed by atoms with Crippen molar-refractivity contribution >= 4 is 44.3 Å². The number of thiophene rings is 1. The van der Waals surface area contributed by atoms with Crippen LogP contribution >= 0.6 is 11.3 Å². The number of nitrogens with one attached hydrogen (secondary N) is 1. The summed E-state index contributed by atoms with van der Waals surface area (Å²) in [5, 5.41) is 4.21. The van der Waals surface area contributed by atoms with Gasteiger partial charge in [0.05, 0.1) is 11.4 Å². The first-order chi connectivity index (χ1) is 9.48. The van der Waals surface area contributed by atoms with Gasteiger partial charge in [-0.1, -0.05) is 12.1 Å². The van der Waals surface area contributed by atoms with Crippen molar-refractivity contribution in [2.45, 2.75) is 4.21 Å². The standard InChI is InChI=1S/C12H11N3O3S2/c13-8-5-12(19-7-8)20(17,18)15-6-11(16)14-9-3-1-2-4-10(9)15/h1-5,7H,6,13H2,(H,14,16). The number of carbonyl (C=O) groups is 1. The maximum Gasteiger partial charge on any atom is 0.274 e. The lowest BCUT2D eigenvalue weighted by molar-refractivity contribution is -0.115. The molecule has 1 aromatic carbocycles. The fourth-order valence-electron chi connectivity index (χ4n) is 1.99. The molecule has 104 valence electrons. The summed E-state index contributed by atoms with van der Waals surface area (Å²) in [5.74, 6) is -0.364. The molecule has 20 heavy (non-hydrogen) atoms. The third kappa shape index (κ3) is 2.02. The Kier molecular flexibility index (Phi) is 2.91. The Morgan fingerprint density at radius 1 is 1.30 bits per heavy atom. The second-order valence-electron chi connectivity index (χ2n) is 4.28. The minimum atomic E-state index is -3.78. The van der Waals surface area contributed by atoms with Crippen LogP contribution in [0.4, 0.5) is 17.1 Å². The normalized spacial score (nSPS) is 14.8. The van der Waals surface area contributed by atoms with Gasteiger partial charge < -0.3 is 11.1 Å². The van der Waals surface area contributed by atoms with E-state index in [1.165, 1.54) is 6.07 Å². The second-order valence-corrected chi connectivity index (χ2v) is 7.28. The fraction of sp³-hybridized carbons (Fsp3) is 0.0833. The lowest BCUT2D eigenvalue weighted by Gasteiger charge is -2.29. The Bertz CT molecular complexity index is 783. The van der Waals surface area contributed by atoms with Crippen LogP contribution in [-0.4, -0.2) is 20.9 Å². The number of amides is 1. The summed E-state index contributed by atoms with van der Waals surface area (Å²) in [6.07, 6.45) is 0. The van der Waals surface area contributed by atoms with Gasteiger partial charge in [-0.05, 0) is 18.2 Å². The van der Waals surface area contributed by atoms with Gasteiger partial charge in [0.15, 0.2) is 0 Å². The SMILES string of the molecule is Nc1csc(S(=O)(=O)N2CC(=O)Nc3ccccc32)c1. The lowest BCUT2D eigenvalue weighted by atomic mass is 10.2. The summed E-state index contributed by atoms with van der Waals surface area (Å²) in [5.41, 5.74) is 6.91. The van der Waals surface area contributed by atoms with Gasteiger partial charge in [0.1, 0.15) is 10.8 Å². The zero-order valence-electron chi connectivity index (χ0n) is 10.2. The molecule has 0 aliphatic carbocycles. The minimum Gasteiger partial charge on any atom is -0.398 e. The van der Waals surface area contributed by atoms with Crippen LogP contribution < -0.4 is 15.4 Å². The summed E-state index contributed by atoms with van der Waals surface area (Å²) in [6.45, 7) is -0.239. The molecule has 3 N–H and O–H groups in total. The number of fused-ring (bicyclic) bond motifs is 1. The molecule has 1 amide bonds. The van der Waals surface area contributed by atoms with Crippen LogP contribution in [0, 0.1) is 0 Å². The van der Waals surface area contributed by atoms with Gasteiger partial charge in [0.25, 0.3) is 10.0 Å². The van der Waals surface area contributed by atoms with Crippen molar-refractivity contribution in [3.8, 4) is 0 Å². The van der Waals surface area contributed by atoms with Crippen LogP contribution in [0.5, 0.6) is 0 Å². The van der Waals surface area contributed by atoms with E-state index in [4.69, 9.17) is 5.73 Å². The Morgan fingerprint density at radius 3 is 2.75 bits per heavy atom. The van der Waals surface area contributed by atoms with E-state index in [2.05, 4.69) is 5.32 Å². The van der Waals surface area contributed by atoms with Crippen molar-refractivity contribution in [1.29, 1.82) is 0 Å². The fourth-order valence-corrected chi connectivity index (χ4v) is 4.62. The molecule has 0 radical (unpaired) electrons.